The summed E-state index contributed by atoms with van der Waals surface area (Å²) in [6.07, 6.45) is 3.53. The van der Waals surface area contributed by atoms with Crippen LogP contribution in [0.15, 0.2) is 47.2 Å². The highest BCUT2D eigenvalue weighted by Gasteiger charge is 2.09. The van der Waals surface area contributed by atoms with Crippen LogP contribution in [0.25, 0.3) is 0 Å². The quantitative estimate of drug-likeness (QED) is 0.943. The molecular formula is C14H15BrN2O. The number of rotatable bonds is 4. The summed E-state index contributed by atoms with van der Waals surface area (Å²) in [6.45, 7) is 2.63. The largest absolute Gasteiger partial charge is 0.494 e. The zero-order valence-electron chi connectivity index (χ0n) is 10.1. The Kier molecular flexibility index (Phi) is 4.33. The average molecular weight is 307 g/mol. The van der Waals surface area contributed by atoms with Gasteiger partial charge in [0.1, 0.15) is 5.75 Å². The van der Waals surface area contributed by atoms with E-state index in [1.807, 2.05) is 37.3 Å². The highest BCUT2D eigenvalue weighted by Crippen LogP contribution is 2.23. The van der Waals surface area contributed by atoms with Gasteiger partial charge in [0.05, 0.1) is 12.6 Å². The molecule has 0 bridgehead atoms. The highest BCUT2D eigenvalue weighted by atomic mass is 79.9. The molecule has 3 nitrogen and oxygen atoms in total. The van der Waals surface area contributed by atoms with Crippen LogP contribution in [0.1, 0.15) is 24.1 Å². The molecule has 1 aromatic heterocycles. The molecule has 0 spiro atoms. The van der Waals surface area contributed by atoms with E-state index in [0.717, 1.165) is 21.3 Å². The number of hydrogen-bond donors (Lipinski definition) is 1. The fraction of sp³-hybridized carbons (Fsp3) is 0.214. The van der Waals surface area contributed by atoms with Gasteiger partial charge in [0.15, 0.2) is 0 Å². The Balaban J connectivity index is 2.20. The molecule has 2 rings (SSSR count). The Hall–Kier alpha value is -1.39. The number of benzene rings is 1. The summed E-state index contributed by atoms with van der Waals surface area (Å²) in [5.74, 6) is 0.862. The van der Waals surface area contributed by atoms with Crippen LogP contribution in [0.2, 0.25) is 0 Å². The molecule has 2 aromatic rings. The van der Waals surface area contributed by atoms with Crippen molar-refractivity contribution in [2.45, 2.75) is 13.0 Å². The molecule has 0 aliphatic heterocycles. The van der Waals surface area contributed by atoms with Crippen LogP contribution in [-0.2, 0) is 0 Å². The second kappa shape index (κ2) is 5.98. The van der Waals surface area contributed by atoms with Crippen molar-refractivity contribution in [1.29, 1.82) is 0 Å². The van der Waals surface area contributed by atoms with Crippen molar-refractivity contribution >= 4 is 15.9 Å². The minimum absolute atomic E-state index is 0.175. The molecule has 0 aliphatic carbocycles. The predicted molar refractivity (Wildman–Crippen MR) is 75.6 cm³/mol. The van der Waals surface area contributed by atoms with Gasteiger partial charge in [-0.05, 0) is 52.2 Å². The third-order valence-electron chi connectivity index (χ3n) is 2.64. The molecule has 4 heteroatoms. The van der Waals surface area contributed by atoms with Gasteiger partial charge < -0.3 is 10.5 Å². The molecule has 0 saturated carbocycles. The molecule has 94 valence electrons. The summed E-state index contributed by atoms with van der Waals surface area (Å²) in [5, 5.41) is 0. The average Bonchev–Trinajstić information content (AvgIpc) is 2.39. The number of aromatic nitrogens is 1. The number of nitrogens with zero attached hydrogens (tertiary/aromatic N) is 1. The maximum absolute atomic E-state index is 6.21. The van der Waals surface area contributed by atoms with Crippen molar-refractivity contribution < 1.29 is 4.74 Å². The van der Waals surface area contributed by atoms with E-state index in [-0.39, 0.29) is 6.04 Å². The lowest BCUT2D eigenvalue weighted by Gasteiger charge is -2.13. The standard InChI is InChI=1S/C14H15BrN2O/c1-2-18-13-5-3-10(4-6-13)14(16)11-7-12(15)9-17-8-11/h3-9,14H,2,16H2,1H3. The lowest BCUT2D eigenvalue weighted by Crippen LogP contribution is -2.12. The summed E-state index contributed by atoms with van der Waals surface area (Å²) < 4.78 is 6.34. The van der Waals surface area contributed by atoms with Crippen LogP contribution in [0.5, 0.6) is 5.75 Å². The molecule has 1 unspecified atom stereocenters. The van der Waals surface area contributed by atoms with Crippen molar-refractivity contribution in [2.75, 3.05) is 6.61 Å². The molecule has 1 atom stereocenters. The van der Waals surface area contributed by atoms with Gasteiger partial charge in [0, 0.05) is 16.9 Å². The minimum atomic E-state index is -0.175. The van der Waals surface area contributed by atoms with E-state index >= 15 is 0 Å². The van der Waals surface area contributed by atoms with Crippen molar-refractivity contribution in [3.63, 3.8) is 0 Å². The van der Waals surface area contributed by atoms with E-state index < -0.39 is 0 Å². The van der Waals surface area contributed by atoms with E-state index in [2.05, 4.69) is 20.9 Å². The molecule has 1 aromatic carbocycles. The van der Waals surface area contributed by atoms with Crippen LogP contribution in [0.4, 0.5) is 0 Å². The van der Waals surface area contributed by atoms with Crippen molar-refractivity contribution in [1.82, 2.24) is 4.98 Å². The van der Waals surface area contributed by atoms with Gasteiger partial charge >= 0.3 is 0 Å². The molecule has 0 radical (unpaired) electrons. The normalized spacial score (nSPS) is 12.2. The molecular weight excluding hydrogens is 292 g/mol. The van der Waals surface area contributed by atoms with Gasteiger partial charge in [-0.1, -0.05) is 12.1 Å². The molecule has 0 amide bonds. The number of halogens is 1. The van der Waals surface area contributed by atoms with Crippen molar-refractivity contribution in [3.05, 3.63) is 58.3 Å². The summed E-state index contributed by atoms with van der Waals surface area (Å²) in [5.41, 5.74) is 8.23. The number of pyridine rings is 1. The fourth-order valence-electron chi connectivity index (χ4n) is 1.73. The molecule has 1 heterocycles. The Bertz CT molecular complexity index is 513. The second-order valence-corrected chi connectivity index (χ2v) is 4.83. The lowest BCUT2D eigenvalue weighted by atomic mass is 10.0. The summed E-state index contributed by atoms with van der Waals surface area (Å²) in [4.78, 5) is 4.13. The van der Waals surface area contributed by atoms with Crippen LogP contribution < -0.4 is 10.5 Å². The van der Waals surface area contributed by atoms with Gasteiger partial charge in [0.25, 0.3) is 0 Å². The van der Waals surface area contributed by atoms with Gasteiger partial charge in [-0.15, -0.1) is 0 Å². The van der Waals surface area contributed by atoms with E-state index in [4.69, 9.17) is 10.5 Å². The Morgan fingerprint density at radius 1 is 1.22 bits per heavy atom. The number of ether oxygens (including phenoxy) is 1. The van der Waals surface area contributed by atoms with E-state index in [1.165, 1.54) is 0 Å². The number of nitrogens with two attached hydrogens (primary N) is 1. The SMILES string of the molecule is CCOc1ccc(C(N)c2cncc(Br)c2)cc1. The Morgan fingerprint density at radius 2 is 1.94 bits per heavy atom. The summed E-state index contributed by atoms with van der Waals surface area (Å²) >= 11 is 3.40. The monoisotopic (exact) mass is 306 g/mol. The first kappa shape index (κ1) is 13.1. The molecule has 0 saturated heterocycles. The van der Waals surface area contributed by atoms with Gasteiger partial charge in [-0.3, -0.25) is 4.98 Å². The van der Waals surface area contributed by atoms with Crippen LogP contribution in [0, 0.1) is 0 Å². The molecule has 0 fully saturated rings. The van der Waals surface area contributed by atoms with Crippen LogP contribution in [0.3, 0.4) is 0 Å². The van der Waals surface area contributed by atoms with Crippen LogP contribution >= 0.6 is 15.9 Å². The van der Waals surface area contributed by atoms with Gasteiger partial charge in [0.2, 0.25) is 0 Å². The Morgan fingerprint density at radius 3 is 2.56 bits per heavy atom. The van der Waals surface area contributed by atoms with Crippen LogP contribution in [-0.4, -0.2) is 11.6 Å². The Labute approximate surface area is 115 Å². The smallest absolute Gasteiger partial charge is 0.119 e. The summed E-state index contributed by atoms with van der Waals surface area (Å²) in [7, 11) is 0. The predicted octanol–water partition coefficient (Wildman–Crippen LogP) is 3.29. The van der Waals surface area contributed by atoms with Crippen molar-refractivity contribution in [3.8, 4) is 5.75 Å². The third-order valence-corrected chi connectivity index (χ3v) is 3.07. The van der Waals surface area contributed by atoms with E-state index in [1.54, 1.807) is 12.4 Å². The second-order valence-electron chi connectivity index (χ2n) is 3.92. The topological polar surface area (TPSA) is 48.1 Å². The van der Waals surface area contributed by atoms with Gasteiger partial charge in [-0.2, -0.15) is 0 Å². The molecule has 2 N–H and O–H groups in total. The first-order chi connectivity index (χ1) is 8.70. The molecule has 0 aliphatic rings. The van der Waals surface area contributed by atoms with E-state index in [0.29, 0.717) is 6.61 Å². The molecule has 18 heavy (non-hydrogen) atoms. The fourth-order valence-corrected chi connectivity index (χ4v) is 2.11. The maximum atomic E-state index is 6.21. The van der Waals surface area contributed by atoms with Crippen molar-refractivity contribution in [2.24, 2.45) is 5.73 Å². The zero-order chi connectivity index (χ0) is 13.0. The third kappa shape index (κ3) is 3.09. The van der Waals surface area contributed by atoms with E-state index in [9.17, 15) is 0 Å². The highest BCUT2D eigenvalue weighted by molar-refractivity contribution is 9.10. The number of hydrogen-bond acceptors (Lipinski definition) is 3. The first-order valence-electron chi connectivity index (χ1n) is 5.79. The minimum Gasteiger partial charge on any atom is -0.494 e. The zero-order valence-corrected chi connectivity index (χ0v) is 11.7. The first-order valence-corrected chi connectivity index (χ1v) is 6.59. The summed E-state index contributed by atoms with van der Waals surface area (Å²) in [6, 6.07) is 9.64. The lowest BCUT2D eigenvalue weighted by molar-refractivity contribution is 0.340. The van der Waals surface area contributed by atoms with Gasteiger partial charge in [-0.25, -0.2) is 0 Å². The maximum Gasteiger partial charge on any atom is 0.119 e.